The minimum absolute atomic E-state index is 0.174. The number of hydrogen-bond acceptors (Lipinski definition) is 2. The van der Waals surface area contributed by atoms with Crippen molar-refractivity contribution in [1.29, 1.82) is 0 Å². The van der Waals surface area contributed by atoms with Crippen molar-refractivity contribution in [1.82, 2.24) is 0 Å². The van der Waals surface area contributed by atoms with Crippen molar-refractivity contribution in [3.05, 3.63) is 23.8 Å². The first kappa shape index (κ1) is 10.5. The number of allylic oxidation sites excluding steroid dienone is 3. The van der Waals surface area contributed by atoms with E-state index >= 15 is 0 Å². The highest BCUT2D eigenvalue weighted by Crippen LogP contribution is 2.09. The summed E-state index contributed by atoms with van der Waals surface area (Å²) in [5.41, 5.74) is 2.08. The number of rotatable bonds is 3. The summed E-state index contributed by atoms with van der Waals surface area (Å²) in [6.07, 6.45) is 4.19. The zero-order chi connectivity index (χ0) is 8.85. The Morgan fingerprint density at radius 1 is 1.55 bits per heavy atom. The third-order valence-electron chi connectivity index (χ3n) is 1.09. The van der Waals surface area contributed by atoms with Gasteiger partial charge in [0.15, 0.2) is 5.12 Å². The second-order valence-corrected chi connectivity index (χ2v) is 3.50. The molecule has 0 amide bonds. The molecule has 0 bridgehead atoms. The fourth-order valence-electron chi connectivity index (χ4n) is 0.717. The molecule has 62 valence electrons. The molecule has 0 unspecified atom stereocenters. The topological polar surface area (TPSA) is 17.1 Å². The molecule has 0 aliphatic carbocycles. The highest BCUT2D eigenvalue weighted by Gasteiger charge is 1.99. The number of thioether (sulfide) groups is 1. The molecule has 0 aliphatic heterocycles. The van der Waals surface area contributed by atoms with Gasteiger partial charge in [-0.2, -0.15) is 0 Å². The number of hydrogen-bond donors (Lipinski definition) is 0. The summed E-state index contributed by atoms with van der Waals surface area (Å²) in [7, 11) is 0. The molecule has 0 aliphatic rings. The Hall–Kier alpha value is -0.500. The number of carbonyl (C=O) groups is 1. The van der Waals surface area contributed by atoms with Gasteiger partial charge in [0.25, 0.3) is 0 Å². The fraction of sp³-hybridized carbons (Fsp3) is 0.444. The van der Waals surface area contributed by atoms with Crippen molar-refractivity contribution >= 4 is 16.9 Å². The van der Waals surface area contributed by atoms with Crippen LogP contribution >= 0.6 is 11.8 Å². The van der Waals surface area contributed by atoms with Crippen molar-refractivity contribution in [3.63, 3.8) is 0 Å². The lowest BCUT2D eigenvalue weighted by Crippen LogP contribution is -1.90. The van der Waals surface area contributed by atoms with Crippen LogP contribution in [0.15, 0.2) is 23.8 Å². The zero-order valence-corrected chi connectivity index (χ0v) is 8.12. The van der Waals surface area contributed by atoms with Gasteiger partial charge in [0, 0.05) is 6.42 Å². The standard InChI is InChI=1S/C9H14OS/c1-7(2)5-8(3)6-9(10)11-4/h5H,3,6H2,1-2,4H3. The lowest BCUT2D eigenvalue weighted by atomic mass is 10.2. The van der Waals surface area contributed by atoms with Gasteiger partial charge in [-0.3, -0.25) is 4.79 Å². The van der Waals surface area contributed by atoms with Gasteiger partial charge < -0.3 is 0 Å². The van der Waals surface area contributed by atoms with E-state index in [4.69, 9.17) is 0 Å². The van der Waals surface area contributed by atoms with Gasteiger partial charge in [-0.1, -0.05) is 30.0 Å². The molecule has 0 spiro atoms. The summed E-state index contributed by atoms with van der Waals surface area (Å²) in [6, 6.07) is 0. The first-order valence-electron chi connectivity index (χ1n) is 3.45. The molecule has 0 atom stereocenters. The molecule has 2 heteroatoms. The fourth-order valence-corrected chi connectivity index (χ4v) is 1.05. The van der Waals surface area contributed by atoms with E-state index in [1.54, 1.807) is 6.26 Å². The largest absolute Gasteiger partial charge is 0.287 e. The van der Waals surface area contributed by atoms with Crippen molar-refractivity contribution in [2.45, 2.75) is 20.3 Å². The van der Waals surface area contributed by atoms with E-state index in [0.29, 0.717) is 6.42 Å². The van der Waals surface area contributed by atoms with Crippen molar-refractivity contribution in [2.75, 3.05) is 6.26 Å². The van der Waals surface area contributed by atoms with Crippen molar-refractivity contribution in [2.24, 2.45) is 0 Å². The predicted octanol–water partition coefficient (Wildman–Crippen LogP) is 2.79. The summed E-state index contributed by atoms with van der Waals surface area (Å²) < 4.78 is 0. The number of carbonyl (C=O) groups excluding carboxylic acids is 1. The molecular formula is C9H14OS. The Morgan fingerprint density at radius 2 is 2.09 bits per heavy atom. The first-order valence-corrected chi connectivity index (χ1v) is 4.68. The molecule has 0 heterocycles. The Bertz CT molecular complexity index is 188. The lowest BCUT2D eigenvalue weighted by molar-refractivity contribution is -0.110. The SMILES string of the molecule is C=C(C=C(C)C)CC(=O)SC. The van der Waals surface area contributed by atoms with E-state index < -0.39 is 0 Å². The van der Waals surface area contributed by atoms with Crippen LogP contribution in [0, 0.1) is 0 Å². The lowest BCUT2D eigenvalue weighted by Gasteiger charge is -1.96. The molecule has 0 aromatic carbocycles. The Morgan fingerprint density at radius 3 is 2.45 bits per heavy atom. The maximum atomic E-state index is 10.9. The summed E-state index contributed by atoms with van der Waals surface area (Å²) in [5.74, 6) is 0. The molecule has 0 N–H and O–H groups in total. The van der Waals surface area contributed by atoms with Gasteiger partial charge in [-0.05, 0) is 25.7 Å². The smallest absolute Gasteiger partial charge is 0.193 e. The van der Waals surface area contributed by atoms with Crippen LogP contribution in [0.5, 0.6) is 0 Å². The monoisotopic (exact) mass is 170 g/mol. The van der Waals surface area contributed by atoms with E-state index in [-0.39, 0.29) is 5.12 Å². The third-order valence-corrected chi connectivity index (χ3v) is 1.69. The molecule has 1 nitrogen and oxygen atoms in total. The van der Waals surface area contributed by atoms with Gasteiger partial charge in [0.05, 0.1) is 0 Å². The van der Waals surface area contributed by atoms with Crippen LogP contribution in [0.1, 0.15) is 20.3 Å². The molecule has 0 radical (unpaired) electrons. The summed E-state index contributed by atoms with van der Waals surface area (Å²) in [5, 5.41) is 0.174. The average molecular weight is 170 g/mol. The zero-order valence-electron chi connectivity index (χ0n) is 7.31. The van der Waals surface area contributed by atoms with Crippen LogP contribution in [-0.4, -0.2) is 11.4 Å². The molecule has 0 aromatic heterocycles. The van der Waals surface area contributed by atoms with Gasteiger partial charge >= 0.3 is 0 Å². The maximum absolute atomic E-state index is 10.9. The van der Waals surface area contributed by atoms with Crippen LogP contribution in [0.2, 0.25) is 0 Å². The third kappa shape index (κ3) is 5.92. The van der Waals surface area contributed by atoms with E-state index in [1.807, 2.05) is 19.9 Å². The van der Waals surface area contributed by atoms with Crippen LogP contribution in [0.4, 0.5) is 0 Å². The molecule has 0 fully saturated rings. The van der Waals surface area contributed by atoms with Crippen molar-refractivity contribution < 1.29 is 4.79 Å². The second kappa shape index (κ2) is 5.19. The summed E-state index contributed by atoms with van der Waals surface area (Å²) >= 11 is 1.25. The van der Waals surface area contributed by atoms with Gasteiger partial charge in [0.1, 0.15) is 0 Å². The highest BCUT2D eigenvalue weighted by atomic mass is 32.2. The van der Waals surface area contributed by atoms with Crippen LogP contribution in [0.3, 0.4) is 0 Å². The Balaban J connectivity index is 3.89. The molecular weight excluding hydrogens is 156 g/mol. The average Bonchev–Trinajstić information content (AvgIpc) is 1.85. The Kier molecular flexibility index (Phi) is 4.95. The van der Waals surface area contributed by atoms with Gasteiger partial charge in [0.2, 0.25) is 0 Å². The quantitative estimate of drug-likeness (QED) is 0.606. The van der Waals surface area contributed by atoms with E-state index in [1.165, 1.54) is 17.3 Å². The normalized spacial score (nSPS) is 9.00. The summed E-state index contributed by atoms with van der Waals surface area (Å²) in [6.45, 7) is 7.76. The van der Waals surface area contributed by atoms with Crippen LogP contribution < -0.4 is 0 Å². The van der Waals surface area contributed by atoms with Crippen LogP contribution in [-0.2, 0) is 4.79 Å². The van der Waals surface area contributed by atoms with E-state index in [2.05, 4.69) is 6.58 Å². The predicted molar refractivity (Wildman–Crippen MR) is 51.7 cm³/mol. The van der Waals surface area contributed by atoms with E-state index in [9.17, 15) is 4.79 Å². The van der Waals surface area contributed by atoms with Gasteiger partial charge in [-0.25, -0.2) is 0 Å². The molecule has 0 saturated heterocycles. The Labute approximate surface area is 72.6 Å². The molecule has 0 saturated carbocycles. The summed E-state index contributed by atoms with van der Waals surface area (Å²) in [4.78, 5) is 10.9. The maximum Gasteiger partial charge on any atom is 0.193 e. The first-order chi connectivity index (χ1) is 5.06. The molecule has 0 rings (SSSR count). The van der Waals surface area contributed by atoms with Crippen molar-refractivity contribution in [3.8, 4) is 0 Å². The second-order valence-electron chi connectivity index (χ2n) is 2.63. The van der Waals surface area contributed by atoms with Crippen LogP contribution in [0.25, 0.3) is 0 Å². The minimum atomic E-state index is 0.174. The highest BCUT2D eigenvalue weighted by molar-refractivity contribution is 8.13. The van der Waals surface area contributed by atoms with Gasteiger partial charge in [-0.15, -0.1) is 0 Å². The molecule has 0 aromatic rings. The minimum Gasteiger partial charge on any atom is -0.287 e. The molecule has 11 heavy (non-hydrogen) atoms. The van der Waals surface area contributed by atoms with E-state index in [0.717, 1.165) is 5.57 Å².